The highest BCUT2D eigenvalue weighted by Crippen LogP contribution is 2.25. The average molecular weight is 349 g/mol. The minimum Gasteiger partial charge on any atom is -0.334 e. The molecule has 3 aromatic rings. The quantitative estimate of drug-likeness (QED) is 0.762. The highest BCUT2D eigenvalue weighted by atomic mass is 32.2. The maximum Gasteiger partial charge on any atom is 0.271 e. The molecule has 0 radical (unpaired) electrons. The summed E-state index contributed by atoms with van der Waals surface area (Å²) >= 11 is 1.28. The molecule has 0 saturated carbocycles. The van der Waals surface area contributed by atoms with Crippen LogP contribution in [0.1, 0.15) is 17.6 Å². The SMILES string of the molecule is CCc1ccc(S(=O)(=O)Nc2ccc(-c3nc(C)no3)cc2)s1. The zero-order chi connectivity index (χ0) is 16.4. The first kappa shape index (κ1) is 15.7. The molecule has 0 aliphatic heterocycles. The molecule has 0 saturated heterocycles. The number of rotatable bonds is 5. The Morgan fingerprint density at radius 3 is 2.48 bits per heavy atom. The number of benzene rings is 1. The standard InChI is InChI=1S/C15H15N3O3S2/c1-3-13-8-9-14(22-13)23(19,20)18-12-6-4-11(5-7-12)15-16-10(2)17-21-15/h4-9,18H,3H2,1-2H3. The number of thiophene rings is 1. The maximum atomic E-state index is 12.3. The highest BCUT2D eigenvalue weighted by Gasteiger charge is 2.17. The van der Waals surface area contributed by atoms with E-state index in [-0.39, 0.29) is 0 Å². The van der Waals surface area contributed by atoms with Crippen LogP contribution in [0.4, 0.5) is 5.69 Å². The van der Waals surface area contributed by atoms with E-state index in [2.05, 4.69) is 14.9 Å². The van der Waals surface area contributed by atoms with Crippen LogP contribution in [0.2, 0.25) is 0 Å². The molecule has 0 aliphatic rings. The summed E-state index contributed by atoms with van der Waals surface area (Å²) in [6.45, 7) is 3.73. The zero-order valence-corrected chi connectivity index (χ0v) is 14.2. The van der Waals surface area contributed by atoms with Crippen LogP contribution in [-0.2, 0) is 16.4 Å². The van der Waals surface area contributed by atoms with Crippen molar-refractivity contribution < 1.29 is 12.9 Å². The molecule has 0 aliphatic carbocycles. The van der Waals surface area contributed by atoms with Crippen LogP contribution in [0.5, 0.6) is 0 Å². The van der Waals surface area contributed by atoms with Crippen molar-refractivity contribution in [2.75, 3.05) is 4.72 Å². The first-order valence-corrected chi connectivity index (χ1v) is 9.30. The van der Waals surface area contributed by atoms with Crippen LogP contribution >= 0.6 is 11.3 Å². The second-order valence-electron chi connectivity index (χ2n) is 4.90. The molecule has 6 nitrogen and oxygen atoms in total. The number of aryl methyl sites for hydroxylation is 2. The van der Waals surface area contributed by atoms with Gasteiger partial charge in [-0.05, 0) is 49.7 Å². The van der Waals surface area contributed by atoms with E-state index in [0.717, 1.165) is 16.9 Å². The lowest BCUT2D eigenvalue weighted by Crippen LogP contribution is -2.11. The maximum absolute atomic E-state index is 12.3. The van der Waals surface area contributed by atoms with Crippen molar-refractivity contribution in [3.05, 3.63) is 47.1 Å². The van der Waals surface area contributed by atoms with Gasteiger partial charge in [0.15, 0.2) is 5.82 Å². The molecule has 2 heterocycles. The van der Waals surface area contributed by atoms with E-state index in [1.54, 1.807) is 37.3 Å². The van der Waals surface area contributed by atoms with E-state index in [9.17, 15) is 8.42 Å². The number of hydrogen-bond acceptors (Lipinski definition) is 6. The molecule has 0 bridgehead atoms. The lowest BCUT2D eigenvalue weighted by atomic mass is 10.2. The molecule has 0 fully saturated rings. The normalized spacial score (nSPS) is 11.6. The van der Waals surface area contributed by atoms with Gasteiger partial charge >= 0.3 is 0 Å². The van der Waals surface area contributed by atoms with Gasteiger partial charge in [0.1, 0.15) is 4.21 Å². The van der Waals surface area contributed by atoms with Gasteiger partial charge in [-0.15, -0.1) is 11.3 Å². The van der Waals surface area contributed by atoms with Gasteiger partial charge in [0, 0.05) is 16.1 Å². The second-order valence-corrected chi connectivity index (χ2v) is 7.98. The smallest absolute Gasteiger partial charge is 0.271 e. The van der Waals surface area contributed by atoms with E-state index in [1.807, 2.05) is 13.0 Å². The van der Waals surface area contributed by atoms with Gasteiger partial charge in [0.2, 0.25) is 0 Å². The predicted molar refractivity (Wildman–Crippen MR) is 89.0 cm³/mol. The van der Waals surface area contributed by atoms with Crippen molar-refractivity contribution >= 4 is 27.0 Å². The predicted octanol–water partition coefficient (Wildman–Crippen LogP) is 3.47. The number of aromatic nitrogens is 2. The van der Waals surface area contributed by atoms with E-state index in [0.29, 0.717) is 21.6 Å². The fourth-order valence-corrected chi connectivity index (χ4v) is 4.35. The fourth-order valence-electron chi connectivity index (χ4n) is 1.99. The number of anilines is 1. The van der Waals surface area contributed by atoms with Crippen molar-refractivity contribution in [2.45, 2.75) is 24.5 Å². The monoisotopic (exact) mass is 349 g/mol. The third-order valence-corrected chi connectivity index (χ3v) is 6.26. The molecule has 120 valence electrons. The van der Waals surface area contributed by atoms with Gasteiger partial charge < -0.3 is 4.52 Å². The fraction of sp³-hybridized carbons (Fsp3) is 0.200. The Bertz CT molecular complexity index is 912. The molecular formula is C15H15N3O3S2. The van der Waals surface area contributed by atoms with Crippen molar-refractivity contribution in [3.63, 3.8) is 0 Å². The Kier molecular flexibility index (Phi) is 4.18. The summed E-state index contributed by atoms with van der Waals surface area (Å²) in [5.74, 6) is 0.956. The number of sulfonamides is 1. The number of nitrogens with zero attached hydrogens (tertiary/aromatic N) is 2. The molecule has 0 amide bonds. The molecule has 0 atom stereocenters. The van der Waals surface area contributed by atoms with Crippen molar-refractivity contribution in [3.8, 4) is 11.5 Å². The van der Waals surface area contributed by atoms with Crippen LogP contribution in [0.3, 0.4) is 0 Å². The molecule has 2 aromatic heterocycles. The highest BCUT2D eigenvalue weighted by molar-refractivity contribution is 7.94. The molecule has 1 N–H and O–H groups in total. The van der Waals surface area contributed by atoms with Crippen LogP contribution in [0.15, 0.2) is 45.1 Å². The molecule has 8 heteroatoms. The van der Waals surface area contributed by atoms with Crippen molar-refractivity contribution in [1.82, 2.24) is 10.1 Å². The average Bonchev–Trinajstić information content (AvgIpc) is 3.17. The summed E-state index contributed by atoms with van der Waals surface area (Å²) in [6, 6.07) is 10.3. The molecule has 23 heavy (non-hydrogen) atoms. The van der Waals surface area contributed by atoms with Gasteiger partial charge in [-0.3, -0.25) is 4.72 Å². The van der Waals surface area contributed by atoms with Gasteiger partial charge in [-0.25, -0.2) is 8.42 Å². The van der Waals surface area contributed by atoms with Gasteiger partial charge in [-0.1, -0.05) is 12.1 Å². The minimum atomic E-state index is -3.56. The Morgan fingerprint density at radius 2 is 1.91 bits per heavy atom. The summed E-state index contributed by atoms with van der Waals surface area (Å²) in [4.78, 5) is 5.16. The number of nitrogens with one attached hydrogen (secondary N) is 1. The third-order valence-electron chi connectivity index (χ3n) is 3.16. The minimum absolute atomic E-state index is 0.311. The van der Waals surface area contributed by atoms with Crippen molar-refractivity contribution in [2.24, 2.45) is 0 Å². The zero-order valence-electron chi connectivity index (χ0n) is 12.6. The van der Waals surface area contributed by atoms with Crippen LogP contribution in [0, 0.1) is 6.92 Å². The van der Waals surface area contributed by atoms with Crippen LogP contribution in [0.25, 0.3) is 11.5 Å². The largest absolute Gasteiger partial charge is 0.334 e. The second kappa shape index (κ2) is 6.13. The summed E-state index contributed by atoms with van der Waals surface area (Å²) in [7, 11) is -3.56. The summed E-state index contributed by atoms with van der Waals surface area (Å²) < 4.78 is 32.7. The number of hydrogen-bond donors (Lipinski definition) is 1. The Balaban J connectivity index is 1.80. The van der Waals surface area contributed by atoms with E-state index in [4.69, 9.17) is 4.52 Å². The van der Waals surface area contributed by atoms with Gasteiger partial charge in [0.25, 0.3) is 15.9 Å². The summed E-state index contributed by atoms with van der Waals surface area (Å²) in [6.07, 6.45) is 0.818. The third kappa shape index (κ3) is 3.43. The van der Waals surface area contributed by atoms with Gasteiger partial charge in [-0.2, -0.15) is 4.98 Å². The first-order chi connectivity index (χ1) is 11.0. The summed E-state index contributed by atoms with van der Waals surface area (Å²) in [5.41, 5.74) is 1.22. The van der Waals surface area contributed by atoms with Gasteiger partial charge in [0.05, 0.1) is 0 Å². The molecule has 3 rings (SSSR count). The first-order valence-electron chi connectivity index (χ1n) is 7.00. The lowest BCUT2D eigenvalue weighted by molar-refractivity contribution is 0.425. The Morgan fingerprint density at radius 1 is 1.17 bits per heavy atom. The lowest BCUT2D eigenvalue weighted by Gasteiger charge is -2.06. The molecular weight excluding hydrogens is 334 g/mol. The Labute approximate surface area is 138 Å². The molecule has 0 unspecified atom stereocenters. The molecule has 0 spiro atoms. The van der Waals surface area contributed by atoms with E-state index < -0.39 is 10.0 Å². The van der Waals surface area contributed by atoms with Crippen LogP contribution in [-0.4, -0.2) is 18.6 Å². The van der Waals surface area contributed by atoms with E-state index in [1.165, 1.54) is 11.3 Å². The van der Waals surface area contributed by atoms with E-state index >= 15 is 0 Å². The van der Waals surface area contributed by atoms with Crippen molar-refractivity contribution in [1.29, 1.82) is 0 Å². The topological polar surface area (TPSA) is 85.1 Å². The molecule has 1 aromatic carbocycles. The Hall–Kier alpha value is -2.19. The summed E-state index contributed by atoms with van der Waals surface area (Å²) in [5, 5.41) is 3.73. The van der Waals surface area contributed by atoms with Crippen LogP contribution < -0.4 is 4.72 Å².